The molecule has 9 heteroatoms. The van der Waals surface area contributed by atoms with Crippen LogP contribution in [0.5, 0.6) is 0 Å². The molecular weight excluding hydrogens is 305 g/mol. The molecule has 1 amide bonds. The van der Waals surface area contributed by atoms with E-state index in [0.29, 0.717) is 0 Å². The zero-order valence-electron chi connectivity index (χ0n) is 12.2. The average Bonchev–Trinajstić information content (AvgIpc) is 2.66. The van der Waals surface area contributed by atoms with E-state index in [1.54, 1.807) is 6.92 Å². The summed E-state index contributed by atoms with van der Waals surface area (Å²) < 4.78 is 43.5. The third kappa shape index (κ3) is 2.58. The van der Waals surface area contributed by atoms with Crippen molar-refractivity contribution < 1.29 is 32.6 Å². The van der Waals surface area contributed by atoms with E-state index in [2.05, 4.69) is 4.74 Å². The van der Waals surface area contributed by atoms with Crippen molar-refractivity contribution in [1.82, 2.24) is 9.80 Å². The van der Waals surface area contributed by atoms with Crippen molar-refractivity contribution in [3.05, 3.63) is 11.6 Å². The molecule has 0 aromatic carbocycles. The number of esters is 1. The monoisotopic (exact) mass is 322 g/mol. The number of aliphatic hydroxyl groups is 1. The highest BCUT2D eigenvalue weighted by atomic mass is 19.4. The standard InChI is InChI=1S/C13H17F3N2O4/c1-3-18-9(19)6-8-7-17(5-4-12(8,18)21)10(11(20)22-2)13(14,15)16/h6,10,21H,3-5,7H2,1-2H3/t10-,12+/m0/s1. The second-order valence-corrected chi connectivity index (χ2v) is 5.26. The number of hydrogen-bond acceptors (Lipinski definition) is 5. The van der Waals surface area contributed by atoms with E-state index in [1.807, 2.05) is 0 Å². The lowest BCUT2D eigenvalue weighted by atomic mass is 9.94. The van der Waals surface area contributed by atoms with E-state index in [-0.39, 0.29) is 31.6 Å². The fourth-order valence-electron chi connectivity index (χ4n) is 3.00. The molecule has 0 radical (unpaired) electrons. The molecule has 1 N–H and O–H groups in total. The van der Waals surface area contributed by atoms with Crippen molar-refractivity contribution in [1.29, 1.82) is 0 Å². The van der Waals surface area contributed by atoms with E-state index in [1.165, 1.54) is 4.90 Å². The Morgan fingerprint density at radius 3 is 2.68 bits per heavy atom. The van der Waals surface area contributed by atoms with Crippen LogP contribution in [-0.4, -0.2) is 71.5 Å². The summed E-state index contributed by atoms with van der Waals surface area (Å²) in [5, 5.41) is 10.6. The lowest BCUT2D eigenvalue weighted by Gasteiger charge is -2.44. The minimum absolute atomic E-state index is 0.0953. The van der Waals surface area contributed by atoms with Crippen LogP contribution in [0.1, 0.15) is 13.3 Å². The highest BCUT2D eigenvalue weighted by Crippen LogP contribution is 2.38. The summed E-state index contributed by atoms with van der Waals surface area (Å²) in [5.41, 5.74) is -1.39. The van der Waals surface area contributed by atoms with Gasteiger partial charge in [0.2, 0.25) is 11.9 Å². The number of carbonyl (C=O) groups excluding carboxylic acids is 2. The quantitative estimate of drug-likeness (QED) is 0.756. The Bertz CT molecular complexity index is 520. The molecule has 1 saturated heterocycles. The average molecular weight is 322 g/mol. The number of rotatable bonds is 3. The Balaban J connectivity index is 2.27. The number of halogens is 3. The number of likely N-dealkylation sites (tertiary alicyclic amines) is 1. The Morgan fingerprint density at radius 2 is 2.18 bits per heavy atom. The molecule has 0 aliphatic carbocycles. The molecule has 2 rings (SSSR count). The molecule has 0 aromatic heterocycles. The molecule has 1 fully saturated rings. The number of amides is 1. The lowest BCUT2D eigenvalue weighted by molar-refractivity contribution is -0.206. The predicted octanol–water partition coefficient (Wildman–Crippen LogP) is 0.273. The van der Waals surface area contributed by atoms with Crippen LogP contribution in [0.25, 0.3) is 0 Å². The molecule has 22 heavy (non-hydrogen) atoms. The van der Waals surface area contributed by atoms with Crippen molar-refractivity contribution in [3.63, 3.8) is 0 Å². The molecule has 0 spiro atoms. The van der Waals surface area contributed by atoms with E-state index in [9.17, 15) is 27.9 Å². The van der Waals surface area contributed by atoms with Crippen LogP contribution in [0.2, 0.25) is 0 Å². The van der Waals surface area contributed by atoms with Crippen LogP contribution in [-0.2, 0) is 14.3 Å². The topological polar surface area (TPSA) is 70.1 Å². The van der Waals surface area contributed by atoms with Crippen LogP contribution >= 0.6 is 0 Å². The Labute approximate surface area is 125 Å². The molecule has 2 atom stereocenters. The molecule has 124 valence electrons. The second-order valence-electron chi connectivity index (χ2n) is 5.26. The maximum Gasteiger partial charge on any atom is 0.414 e. The van der Waals surface area contributed by atoms with E-state index in [0.717, 1.165) is 18.1 Å². The predicted molar refractivity (Wildman–Crippen MR) is 68.5 cm³/mol. The van der Waals surface area contributed by atoms with Crippen LogP contribution in [0.3, 0.4) is 0 Å². The number of carbonyl (C=O) groups is 2. The zero-order chi connectivity index (χ0) is 16.7. The van der Waals surface area contributed by atoms with Crippen LogP contribution in [0.4, 0.5) is 13.2 Å². The third-order valence-corrected chi connectivity index (χ3v) is 4.06. The Kier molecular flexibility index (Phi) is 4.22. The second kappa shape index (κ2) is 5.54. The summed E-state index contributed by atoms with van der Waals surface area (Å²) in [5.74, 6) is -1.85. The number of nitrogens with zero attached hydrogens (tertiary/aromatic N) is 2. The van der Waals surface area contributed by atoms with Crippen molar-refractivity contribution >= 4 is 11.9 Å². The van der Waals surface area contributed by atoms with Gasteiger partial charge in [0, 0.05) is 37.7 Å². The maximum atomic E-state index is 13.1. The number of ether oxygens (including phenoxy) is 1. The molecule has 2 aliphatic rings. The van der Waals surface area contributed by atoms with E-state index >= 15 is 0 Å². The van der Waals surface area contributed by atoms with Gasteiger partial charge in [0.05, 0.1) is 7.11 Å². The molecule has 2 heterocycles. The van der Waals surface area contributed by atoms with Crippen LogP contribution in [0.15, 0.2) is 11.6 Å². The maximum absolute atomic E-state index is 13.1. The van der Waals surface area contributed by atoms with Crippen molar-refractivity contribution in [3.8, 4) is 0 Å². The van der Waals surface area contributed by atoms with Gasteiger partial charge in [0.25, 0.3) is 0 Å². The third-order valence-electron chi connectivity index (χ3n) is 4.06. The molecule has 6 nitrogen and oxygen atoms in total. The molecular formula is C13H17F3N2O4. The number of piperidine rings is 1. The van der Waals surface area contributed by atoms with Gasteiger partial charge in [-0.05, 0) is 6.92 Å². The number of methoxy groups -OCH3 is 1. The normalized spacial score (nSPS) is 27.5. The summed E-state index contributed by atoms with van der Waals surface area (Å²) >= 11 is 0. The van der Waals surface area contributed by atoms with Gasteiger partial charge in [-0.15, -0.1) is 0 Å². The Morgan fingerprint density at radius 1 is 1.55 bits per heavy atom. The lowest BCUT2D eigenvalue weighted by Crippen LogP contribution is -2.60. The summed E-state index contributed by atoms with van der Waals surface area (Å²) in [6.07, 6.45) is -3.75. The minimum Gasteiger partial charge on any atom is -0.468 e. The van der Waals surface area contributed by atoms with Gasteiger partial charge in [-0.1, -0.05) is 0 Å². The zero-order valence-corrected chi connectivity index (χ0v) is 12.2. The van der Waals surface area contributed by atoms with Gasteiger partial charge in [0.15, 0.2) is 5.72 Å². The highest BCUT2D eigenvalue weighted by Gasteiger charge is 2.55. The first-order valence-corrected chi connectivity index (χ1v) is 6.78. The summed E-state index contributed by atoms with van der Waals surface area (Å²) in [6.45, 7) is 1.41. The van der Waals surface area contributed by atoms with Gasteiger partial charge in [-0.3, -0.25) is 9.69 Å². The molecule has 0 saturated carbocycles. The first-order chi connectivity index (χ1) is 10.1. The van der Waals surface area contributed by atoms with Gasteiger partial charge < -0.3 is 14.7 Å². The molecule has 0 unspecified atom stereocenters. The summed E-state index contributed by atoms with van der Waals surface area (Å²) in [4.78, 5) is 25.4. The fraction of sp³-hybridized carbons (Fsp3) is 0.692. The smallest absolute Gasteiger partial charge is 0.414 e. The number of hydrogen-bond donors (Lipinski definition) is 1. The SMILES string of the molecule is CCN1C(=O)C=C2CN([C@@H](C(=O)OC)C(F)(F)F)CC[C@@]21O. The van der Waals surface area contributed by atoms with E-state index in [4.69, 9.17) is 0 Å². The van der Waals surface area contributed by atoms with Crippen LogP contribution in [0, 0.1) is 0 Å². The van der Waals surface area contributed by atoms with Crippen molar-refractivity contribution in [2.75, 3.05) is 26.7 Å². The van der Waals surface area contributed by atoms with Crippen LogP contribution < -0.4 is 0 Å². The van der Waals surface area contributed by atoms with Gasteiger partial charge in [-0.25, -0.2) is 4.79 Å². The highest BCUT2D eigenvalue weighted by molar-refractivity contribution is 5.92. The fourth-order valence-corrected chi connectivity index (χ4v) is 3.00. The van der Waals surface area contributed by atoms with Gasteiger partial charge in [-0.2, -0.15) is 13.2 Å². The molecule has 2 aliphatic heterocycles. The largest absolute Gasteiger partial charge is 0.468 e. The van der Waals surface area contributed by atoms with Gasteiger partial charge in [0.1, 0.15) is 0 Å². The number of alkyl halides is 3. The van der Waals surface area contributed by atoms with E-state index < -0.39 is 29.8 Å². The number of fused-ring (bicyclic) bond motifs is 1. The number of likely N-dealkylation sites (N-methyl/N-ethyl adjacent to an activating group) is 1. The molecule has 0 aromatic rings. The summed E-state index contributed by atoms with van der Waals surface area (Å²) in [6, 6.07) is -2.41. The summed E-state index contributed by atoms with van der Waals surface area (Å²) in [7, 11) is 0.887. The first-order valence-electron chi connectivity index (χ1n) is 6.78. The molecule has 0 bridgehead atoms. The van der Waals surface area contributed by atoms with Crippen molar-refractivity contribution in [2.24, 2.45) is 0 Å². The van der Waals surface area contributed by atoms with Gasteiger partial charge >= 0.3 is 12.1 Å². The minimum atomic E-state index is -4.80. The van der Waals surface area contributed by atoms with Crippen molar-refractivity contribution in [2.45, 2.75) is 31.3 Å². The first kappa shape index (κ1) is 16.8. The Hall–Kier alpha value is -1.61.